The zero-order valence-corrected chi connectivity index (χ0v) is 18.5. The van der Waals surface area contributed by atoms with Gasteiger partial charge in [-0.25, -0.2) is 4.79 Å². The zero-order chi connectivity index (χ0) is 22.2. The van der Waals surface area contributed by atoms with E-state index >= 15 is 0 Å². The SMILES string of the molecule is CC(C)(C)OC(=O)N1C2CCC1CN(C(=O)C(F)(F)F)C2.CCCCCCCC. The molecule has 0 saturated carbocycles. The first-order chi connectivity index (χ1) is 13.4. The average Bonchev–Trinajstić information content (AvgIpc) is 2.87. The van der Waals surface area contributed by atoms with Crippen LogP contribution < -0.4 is 0 Å². The van der Waals surface area contributed by atoms with Gasteiger partial charge in [0.1, 0.15) is 5.60 Å². The number of carbonyl (C=O) groups is 2. The lowest BCUT2D eigenvalue weighted by Crippen LogP contribution is -2.59. The number of amides is 2. The molecule has 0 aliphatic carbocycles. The molecule has 2 unspecified atom stereocenters. The molecule has 2 rings (SSSR count). The van der Waals surface area contributed by atoms with Crippen LogP contribution in [0.4, 0.5) is 18.0 Å². The van der Waals surface area contributed by atoms with E-state index in [9.17, 15) is 22.8 Å². The van der Waals surface area contributed by atoms with Gasteiger partial charge in [-0.15, -0.1) is 0 Å². The molecule has 2 aliphatic rings. The molecule has 29 heavy (non-hydrogen) atoms. The van der Waals surface area contributed by atoms with E-state index in [1.165, 1.54) is 43.4 Å². The van der Waals surface area contributed by atoms with Crippen molar-refractivity contribution < 1.29 is 27.5 Å². The van der Waals surface area contributed by atoms with Crippen molar-refractivity contribution in [3.8, 4) is 0 Å². The highest BCUT2D eigenvalue weighted by Gasteiger charge is 2.50. The van der Waals surface area contributed by atoms with Gasteiger partial charge >= 0.3 is 18.2 Å². The van der Waals surface area contributed by atoms with Gasteiger partial charge in [-0.2, -0.15) is 13.2 Å². The maximum absolute atomic E-state index is 12.5. The Bertz CT molecular complexity index is 512. The Balaban J connectivity index is 0.000000447. The second-order valence-corrected chi connectivity index (χ2v) is 8.89. The first-order valence-electron chi connectivity index (χ1n) is 10.8. The van der Waals surface area contributed by atoms with Crippen LogP contribution in [0.2, 0.25) is 0 Å². The highest BCUT2D eigenvalue weighted by molar-refractivity contribution is 5.82. The van der Waals surface area contributed by atoms with Gasteiger partial charge in [0.15, 0.2) is 0 Å². The Hall–Kier alpha value is -1.47. The van der Waals surface area contributed by atoms with Crippen LogP contribution in [0, 0.1) is 0 Å². The molecule has 0 aromatic rings. The van der Waals surface area contributed by atoms with E-state index < -0.39 is 35.9 Å². The summed E-state index contributed by atoms with van der Waals surface area (Å²) in [7, 11) is 0. The van der Waals surface area contributed by atoms with Gasteiger partial charge in [0, 0.05) is 13.1 Å². The second-order valence-electron chi connectivity index (χ2n) is 8.89. The van der Waals surface area contributed by atoms with Crippen LogP contribution in [-0.4, -0.2) is 58.8 Å². The first kappa shape index (κ1) is 25.6. The summed E-state index contributed by atoms with van der Waals surface area (Å²) in [6.45, 7) is 9.53. The van der Waals surface area contributed by atoms with Crippen LogP contribution in [0.3, 0.4) is 0 Å². The fourth-order valence-corrected chi connectivity index (χ4v) is 3.71. The lowest BCUT2D eigenvalue weighted by molar-refractivity contribution is -0.188. The Morgan fingerprint density at radius 1 is 0.897 bits per heavy atom. The number of ether oxygens (including phenoxy) is 1. The summed E-state index contributed by atoms with van der Waals surface area (Å²) in [6.07, 6.45) is 4.28. The van der Waals surface area contributed by atoms with E-state index in [1.54, 1.807) is 20.8 Å². The smallest absolute Gasteiger partial charge is 0.444 e. The lowest BCUT2D eigenvalue weighted by Gasteiger charge is -2.41. The quantitative estimate of drug-likeness (QED) is 0.548. The molecular formula is C21H37F3N2O3. The number of nitrogens with zero attached hydrogens (tertiary/aromatic N) is 2. The zero-order valence-electron chi connectivity index (χ0n) is 18.5. The summed E-state index contributed by atoms with van der Waals surface area (Å²) < 4.78 is 42.8. The molecule has 8 heteroatoms. The predicted molar refractivity (Wildman–Crippen MR) is 107 cm³/mol. The minimum Gasteiger partial charge on any atom is -0.444 e. The summed E-state index contributed by atoms with van der Waals surface area (Å²) in [5.41, 5.74) is -0.657. The number of rotatable bonds is 5. The molecule has 0 radical (unpaired) electrons. The van der Waals surface area contributed by atoms with Gasteiger partial charge < -0.3 is 9.64 Å². The number of fused-ring (bicyclic) bond motifs is 2. The molecular weight excluding hydrogens is 385 g/mol. The topological polar surface area (TPSA) is 49.9 Å². The van der Waals surface area contributed by atoms with Crippen LogP contribution in [0.15, 0.2) is 0 Å². The molecule has 0 aromatic carbocycles. The molecule has 2 aliphatic heterocycles. The van der Waals surface area contributed by atoms with E-state index in [-0.39, 0.29) is 13.1 Å². The maximum atomic E-state index is 12.5. The Kier molecular flexibility index (Phi) is 9.76. The van der Waals surface area contributed by atoms with E-state index in [1.807, 2.05) is 0 Å². The molecule has 170 valence electrons. The van der Waals surface area contributed by atoms with Gasteiger partial charge in [-0.3, -0.25) is 9.69 Å². The normalized spacial score (nSPS) is 21.5. The average molecular weight is 423 g/mol. The number of hydrogen-bond donors (Lipinski definition) is 0. The fourth-order valence-electron chi connectivity index (χ4n) is 3.71. The van der Waals surface area contributed by atoms with E-state index in [0.29, 0.717) is 12.8 Å². The van der Waals surface area contributed by atoms with Crippen molar-refractivity contribution in [2.75, 3.05) is 13.1 Å². The maximum Gasteiger partial charge on any atom is 0.471 e. The molecule has 2 heterocycles. The molecule has 0 spiro atoms. The van der Waals surface area contributed by atoms with Gasteiger partial charge in [0.05, 0.1) is 12.1 Å². The van der Waals surface area contributed by atoms with E-state index in [2.05, 4.69) is 13.8 Å². The minimum absolute atomic E-state index is 0.0892. The van der Waals surface area contributed by atoms with Crippen LogP contribution in [0.5, 0.6) is 0 Å². The van der Waals surface area contributed by atoms with Crippen molar-refractivity contribution in [3.05, 3.63) is 0 Å². The molecule has 0 N–H and O–H groups in total. The van der Waals surface area contributed by atoms with Gasteiger partial charge in [0.2, 0.25) is 0 Å². The van der Waals surface area contributed by atoms with Crippen LogP contribution in [0.1, 0.15) is 86.0 Å². The van der Waals surface area contributed by atoms with Crippen molar-refractivity contribution in [2.45, 2.75) is 110 Å². The van der Waals surface area contributed by atoms with Crippen LogP contribution >= 0.6 is 0 Å². The van der Waals surface area contributed by atoms with Crippen molar-refractivity contribution in [1.29, 1.82) is 0 Å². The molecule has 2 fully saturated rings. The summed E-state index contributed by atoms with van der Waals surface area (Å²) in [5.74, 6) is -1.83. The number of alkyl halides is 3. The first-order valence-corrected chi connectivity index (χ1v) is 10.8. The fraction of sp³-hybridized carbons (Fsp3) is 0.905. The van der Waals surface area contributed by atoms with Crippen LogP contribution in [-0.2, 0) is 9.53 Å². The molecule has 5 nitrogen and oxygen atoms in total. The van der Waals surface area contributed by atoms with Crippen molar-refractivity contribution >= 4 is 12.0 Å². The summed E-state index contributed by atoms with van der Waals surface area (Å²) >= 11 is 0. The van der Waals surface area contributed by atoms with Crippen molar-refractivity contribution in [3.63, 3.8) is 0 Å². The largest absolute Gasteiger partial charge is 0.471 e. The molecule has 2 atom stereocenters. The molecule has 2 bridgehead atoms. The minimum atomic E-state index is -4.87. The number of likely N-dealkylation sites (tertiary alicyclic amines) is 1. The lowest BCUT2D eigenvalue weighted by atomic mass is 10.1. The molecule has 2 saturated heterocycles. The van der Waals surface area contributed by atoms with E-state index in [0.717, 1.165) is 4.90 Å². The second kappa shape index (κ2) is 11.1. The molecule has 0 aromatic heterocycles. The highest BCUT2D eigenvalue weighted by atomic mass is 19.4. The number of carbonyl (C=O) groups excluding carboxylic acids is 2. The van der Waals surface area contributed by atoms with Gasteiger partial charge in [-0.05, 0) is 33.6 Å². The van der Waals surface area contributed by atoms with Gasteiger partial charge in [0.25, 0.3) is 0 Å². The van der Waals surface area contributed by atoms with Crippen LogP contribution in [0.25, 0.3) is 0 Å². The third kappa shape index (κ3) is 8.42. The molecule has 2 amide bonds. The summed E-state index contributed by atoms with van der Waals surface area (Å²) in [4.78, 5) is 25.7. The number of piperazine rings is 1. The predicted octanol–water partition coefficient (Wildman–Crippen LogP) is 5.53. The monoisotopic (exact) mass is 422 g/mol. The van der Waals surface area contributed by atoms with Crippen molar-refractivity contribution in [1.82, 2.24) is 9.80 Å². The standard InChI is InChI=1S/C13H19F3N2O3.C8H18/c1-12(2,3)21-11(20)18-8-4-5-9(18)7-17(6-8)10(19)13(14,15)16;1-3-5-7-8-6-4-2/h8-9H,4-7H2,1-3H3;3-8H2,1-2H3. The summed E-state index contributed by atoms with van der Waals surface area (Å²) in [6, 6.07) is -0.796. The van der Waals surface area contributed by atoms with E-state index in [4.69, 9.17) is 4.74 Å². The third-order valence-corrected chi connectivity index (χ3v) is 5.07. The number of hydrogen-bond acceptors (Lipinski definition) is 3. The highest BCUT2D eigenvalue weighted by Crippen LogP contribution is 2.33. The Morgan fingerprint density at radius 2 is 1.34 bits per heavy atom. The van der Waals surface area contributed by atoms with Gasteiger partial charge in [-0.1, -0.05) is 52.4 Å². The summed E-state index contributed by atoms with van der Waals surface area (Å²) in [5, 5.41) is 0. The Labute approximate surface area is 172 Å². The number of halogens is 3. The third-order valence-electron chi connectivity index (χ3n) is 5.07. The van der Waals surface area contributed by atoms with Crippen molar-refractivity contribution in [2.24, 2.45) is 0 Å². The number of unbranched alkanes of at least 4 members (excludes halogenated alkanes) is 5. The Morgan fingerprint density at radius 3 is 1.69 bits per heavy atom.